The molecular formula is C16H19AlN2O. The fourth-order valence-electron chi connectivity index (χ4n) is 2.41. The summed E-state index contributed by atoms with van der Waals surface area (Å²) in [5, 5.41) is 0. The van der Waals surface area contributed by atoms with E-state index in [-0.39, 0.29) is 5.41 Å². The van der Waals surface area contributed by atoms with Gasteiger partial charge in [0, 0.05) is 28.8 Å². The molecule has 2 aromatic rings. The van der Waals surface area contributed by atoms with Crippen LogP contribution in [0.15, 0.2) is 36.4 Å². The van der Waals surface area contributed by atoms with Crippen molar-refractivity contribution in [3.8, 4) is 5.75 Å². The number of aryl methyl sites for hydroxylation is 1. The summed E-state index contributed by atoms with van der Waals surface area (Å²) in [4.78, 5) is 4.66. The van der Waals surface area contributed by atoms with Crippen LogP contribution in [0.5, 0.6) is 5.75 Å². The lowest BCUT2D eigenvalue weighted by atomic mass is 9.79. The van der Waals surface area contributed by atoms with Crippen LogP contribution in [-0.4, -0.2) is 21.6 Å². The van der Waals surface area contributed by atoms with E-state index in [0.717, 1.165) is 28.3 Å². The van der Waals surface area contributed by atoms with Crippen LogP contribution >= 0.6 is 0 Å². The molecule has 0 spiro atoms. The van der Waals surface area contributed by atoms with Gasteiger partial charge in [-0.2, -0.15) is 0 Å². The zero-order valence-electron chi connectivity index (χ0n) is 12.2. The normalized spacial score (nSPS) is 11.4. The van der Waals surface area contributed by atoms with E-state index in [4.69, 9.17) is 9.52 Å². The lowest BCUT2D eigenvalue weighted by Gasteiger charge is -2.29. The summed E-state index contributed by atoms with van der Waals surface area (Å²) in [7, 11) is 0. The van der Waals surface area contributed by atoms with Crippen molar-refractivity contribution in [1.29, 1.82) is 0 Å². The Labute approximate surface area is 128 Å². The van der Waals surface area contributed by atoms with Crippen LogP contribution < -0.4 is 9.52 Å². The molecule has 4 heteroatoms. The van der Waals surface area contributed by atoms with Gasteiger partial charge in [-0.1, -0.05) is 38.1 Å². The van der Waals surface area contributed by atoms with Gasteiger partial charge in [0.05, 0.1) is 11.4 Å². The highest BCUT2D eigenvalue weighted by atomic mass is 27.1. The number of hydrogen-bond acceptors (Lipinski definition) is 3. The second-order valence-corrected chi connectivity index (χ2v) is 5.64. The van der Waals surface area contributed by atoms with Gasteiger partial charge in [0.1, 0.15) is 0 Å². The summed E-state index contributed by atoms with van der Waals surface area (Å²) in [6.45, 7) is 6.76. The number of aromatic nitrogens is 1. The molecule has 2 N–H and O–H groups in total. The first-order valence-corrected chi connectivity index (χ1v) is 7.11. The van der Waals surface area contributed by atoms with E-state index in [2.05, 4.69) is 47.6 Å². The molecule has 2 radical (unpaired) electrons. The van der Waals surface area contributed by atoms with Gasteiger partial charge in [0.2, 0.25) is 0 Å². The highest BCUT2D eigenvalue weighted by Crippen LogP contribution is 2.38. The third-order valence-electron chi connectivity index (χ3n) is 3.64. The zero-order chi connectivity index (χ0) is 14.8. The first kappa shape index (κ1) is 15.1. The average molecular weight is 282 g/mol. The molecule has 2 rings (SSSR count). The Morgan fingerprint density at radius 3 is 2.50 bits per heavy atom. The van der Waals surface area contributed by atoms with E-state index >= 15 is 0 Å². The minimum absolute atomic E-state index is 0.247. The van der Waals surface area contributed by atoms with Gasteiger partial charge in [-0.25, -0.2) is 0 Å². The second kappa shape index (κ2) is 5.97. The molecule has 0 aliphatic rings. The predicted octanol–water partition coefficient (Wildman–Crippen LogP) is 2.64. The van der Waals surface area contributed by atoms with Gasteiger partial charge in [-0.3, -0.25) is 4.98 Å². The van der Waals surface area contributed by atoms with Gasteiger partial charge >= 0.3 is 16.6 Å². The van der Waals surface area contributed by atoms with Crippen molar-refractivity contribution >= 4 is 16.6 Å². The van der Waals surface area contributed by atoms with E-state index in [1.807, 2.05) is 31.2 Å². The minimum atomic E-state index is -0.247. The molecule has 0 amide bonds. The Kier molecular flexibility index (Phi) is 4.49. The molecule has 1 aromatic heterocycles. The van der Waals surface area contributed by atoms with E-state index in [9.17, 15) is 0 Å². The fourth-order valence-corrected chi connectivity index (χ4v) is 2.68. The molecule has 1 aromatic carbocycles. The van der Waals surface area contributed by atoms with Crippen molar-refractivity contribution in [3.05, 3.63) is 58.9 Å². The molecule has 0 atom stereocenters. The number of pyridine rings is 1. The summed E-state index contributed by atoms with van der Waals surface area (Å²) in [6.07, 6.45) is 0. The van der Waals surface area contributed by atoms with E-state index in [1.165, 1.54) is 0 Å². The summed E-state index contributed by atoms with van der Waals surface area (Å²) < 4.78 is 5.51. The van der Waals surface area contributed by atoms with E-state index in [1.54, 1.807) is 0 Å². The third-order valence-corrected chi connectivity index (χ3v) is 3.87. The number of hydrogen-bond donors (Lipinski definition) is 1. The van der Waals surface area contributed by atoms with Crippen molar-refractivity contribution in [1.82, 2.24) is 4.98 Å². The maximum atomic E-state index is 5.80. The lowest BCUT2D eigenvalue weighted by Crippen LogP contribution is -2.22. The smallest absolute Gasteiger partial charge is 0.482 e. The van der Waals surface area contributed by atoms with Gasteiger partial charge in [0.15, 0.2) is 0 Å². The molecular weight excluding hydrogens is 263 g/mol. The van der Waals surface area contributed by atoms with Crippen molar-refractivity contribution in [2.75, 3.05) is 0 Å². The topological polar surface area (TPSA) is 48.1 Å². The molecule has 3 nitrogen and oxygen atoms in total. The highest BCUT2D eigenvalue weighted by molar-refractivity contribution is 6.00. The van der Waals surface area contributed by atoms with Crippen LogP contribution in [-0.2, 0) is 12.0 Å². The standard InChI is InChI=1S/C16H20N2O.Al/c1-11-6-4-9-14(18-11)16(2,3)13-8-5-7-12(10-17)15(13)19;/h4-9,19H,10,17H2,1-3H3;/q;+1/p-1. The molecule has 0 aliphatic heterocycles. The lowest BCUT2D eigenvalue weighted by molar-refractivity contribution is 0.543. The van der Waals surface area contributed by atoms with Crippen molar-refractivity contribution in [2.24, 2.45) is 5.73 Å². The van der Waals surface area contributed by atoms with E-state index < -0.39 is 0 Å². The Morgan fingerprint density at radius 2 is 1.90 bits per heavy atom. The van der Waals surface area contributed by atoms with Crippen molar-refractivity contribution in [3.63, 3.8) is 0 Å². The predicted molar refractivity (Wildman–Crippen MR) is 81.8 cm³/mol. The summed E-state index contributed by atoms with van der Waals surface area (Å²) in [5.74, 6) is 0.827. The number of para-hydroxylation sites is 1. The molecule has 102 valence electrons. The van der Waals surface area contributed by atoms with Crippen LogP contribution in [0.25, 0.3) is 0 Å². The molecule has 0 unspecified atom stereocenters. The Morgan fingerprint density at radius 1 is 1.20 bits per heavy atom. The fraction of sp³-hybridized carbons (Fsp3) is 0.312. The van der Waals surface area contributed by atoms with Crippen molar-refractivity contribution < 1.29 is 3.79 Å². The number of benzene rings is 1. The summed E-state index contributed by atoms with van der Waals surface area (Å²) >= 11 is 2.32. The molecule has 0 saturated carbocycles. The molecule has 0 bridgehead atoms. The average Bonchev–Trinajstić information content (AvgIpc) is 2.46. The summed E-state index contributed by atoms with van der Waals surface area (Å²) in [6, 6.07) is 12.2. The maximum absolute atomic E-state index is 5.80. The van der Waals surface area contributed by atoms with Crippen LogP contribution in [0.1, 0.15) is 36.4 Å². The second-order valence-electron chi connectivity index (χ2n) is 5.41. The SMILES string of the molecule is Cc1cccc(C(C)(C)c2cccc(CN)c2[O][Al])n1. The zero-order valence-corrected chi connectivity index (χ0v) is 13.3. The Balaban J connectivity index is 2.59. The monoisotopic (exact) mass is 282 g/mol. The molecule has 1 heterocycles. The third kappa shape index (κ3) is 2.73. The van der Waals surface area contributed by atoms with Crippen LogP contribution in [0.2, 0.25) is 0 Å². The highest BCUT2D eigenvalue weighted by Gasteiger charge is 2.28. The largest absolute Gasteiger partial charge is 0.653 e. The van der Waals surface area contributed by atoms with Gasteiger partial charge in [-0.05, 0) is 19.1 Å². The van der Waals surface area contributed by atoms with Gasteiger partial charge in [-0.15, -0.1) is 0 Å². The summed E-state index contributed by atoms with van der Waals surface area (Å²) in [5.41, 5.74) is 9.67. The van der Waals surface area contributed by atoms with Gasteiger partial charge < -0.3 is 9.52 Å². The van der Waals surface area contributed by atoms with Gasteiger partial charge in [0.25, 0.3) is 0 Å². The van der Waals surface area contributed by atoms with Crippen LogP contribution in [0, 0.1) is 6.92 Å². The minimum Gasteiger partial charge on any atom is -0.653 e. The Hall–Kier alpha value is -1.34. The number of nitrogens with zero attached hydrogens (tertiary/aromatic N) is 1. The molecule has 20 heavy (non-hydrogen) atoms. The Bertz CT molecular complexity index is 611. The first-order valence-electron chi connectivity index (χ1n) is 6.64. The maximum Gasteiger partial charge on any atom is 0.482 e. The molecule has 0 saturated heterocycles. The first-order chi connectivity index (χ1) is 9.50. The van der Waals surface area contributed by atoms with Crippen LogP contribution in [0.4, 0.5) is 0 Å². The quantitative estimate of drug-likeness (QED) is 0.877. The number of nitrogens with two attached hydrogens (primary N) is 1. The molecule has 0 aliphatic carbocycles. The van der Waals surface area contributed by atoms with E-state index in [0.29, 0.717) is 6.54 Å². The van der Waals surface area contributed by atoms with Crippen LogP contribution in [0.3, 0.4) is 0 Å². The van der Waals surface area contributed by atoms with Crippen molar-refractivity contribution in [2.45, 2.75) is 32.7 Å². The molecule has 0 fully saturated rings. The number of rotatable bonds is 4.